The van der Waals surface area contributed by atoms with Crippen LogP contribution in [-0.2, 0) is 0 Å². The Bertz CT molecular complexity index is 717. The topological polar surface area (TPSA) is 127 Å². The van der Waals surface area contributed by atoms with E-state index in [1.807, 2.05) is 12.2 Å². The summed E-state index contributed by atoms with van der Waals surface area (Å²) in [4.78, 5) is 1.66. The first-order chi connectivity index (χ1) is 11.3. The molecule has 3 N–H and O–H groups in total. The molecule has 1 saturated heterocycles. The third kappa shape index (κ3) is 2.40. The maximum atomic E-state index is 6.69. The van der Waals surface area contributed by atoms with Gasteiger partial charge in [-0.15, -0.1) is 20.1 Å². The summed E-state index contributed by atoms with van der Waals surface area (Å²) in [5.41, 5.74) is 6.25. The van der Waals surface area contributed by atoms with E-state index in [9.17, 15) is 0 Å². The Labute approximate surface area is 132 Å². The molecule has 1 aliphatic carbocycles. The highest BCUT2D eigenvalue weighted by atomic mass is 15.8. The van der Waals surface area contributed by atoms with Gasteiger partial charge in [-0.25, -0.2) is 0 Å². The molecule has 4 rings (SSSR count). The molecule has 23 heavy (non-hydrogen) atoms. The molecule has 10 heteroatoms. The van der Waals surface area contributed by atoms with E-state index in [4.69, 9.17) is 5.73 Å². The summed E-state index contributed by atoms with van der Waals surface area (Å²) in [6, 6.07) is 0.103. The maximum Gasteiger partial charge on any atom is 0.245 e. The number of aromatic amines is 1. The van der Waals surface area contributed by atoms with Crippen LogP contribution in [0.5, 0.6) is 0 Å². The zero-order chi connectivity index (χ0) is 15.7. The zero-order valence-corrected chi connectivity index (χ0v) is 12.6. The number of allylic oxidation sites excluding steroid dienone is 2. The number of nitrogens with two attached hydrogens (primary N) is 1. The van der Waals surface area contributed by atoms with Crippen LogP contribution in [0.4, 0.5) is 0 Å². The van der Waals surface area contributed by atoms with Crippen molar-refractivity contribution >= 4 is 0 Å². The van der Waals surface area contributed by atoms with Gasteiger partial charge in [0.05, 0.1) is 11.6 Å². The van der Waals surface area contributed by atoms with Gasteiger partial charge in [-0.1, -0.05) is 24.3 Å². The molecule has 2 unspecified atom stereocenters. The molecule has 0 spiro atoms. The molecule has 120 valence electrons. The van der Waals surface area contributed by atoms with Gasteiger partial charge in [-0.2, -0.15) is 5.21 Å². The third-order valence-electron chi connectivity index (χ3n) is 4.46. The second-order valence-electron chi connectivity index (χ2n) is 5.91. The van der Waals surface area contributed by atoms with E-state index in [1.165, 1.54) is 0 Å². The summed E-state index contributed by atoms with van der Waals surface area (Å²) in [7, 11) is 0. The lowest BCUT2D eigenvalue weighted by molar-refractivity contribution is 0.275. The first kappa shape index (κ1) is 14.0. The second-order valence-corrected chi connectivity index (χ2v) is 5.91. The lowest BCUT2D eigenvalue weighted by Crippen LogP contribution is -2.63. The molecule has 2 aromatic rings. The Morgan fingerprint density at radius 1 is 1.26 bits per heavy atom. The van der Waals surface area contributed by atoms with Gasteiger partial charge in [-0.3, -0.25) is 5.01 Å². The van der Waals surface area contributed by atoms with Gasteiger partial charge in [0.2, 0.25) is 11.6 Å². The van der Waals surface area contributed by atoms with Crippen molar-refractivity contribution in [1.29, 1.82) is 0 Å². The van der Waals surface area contributed by atoms with Crippen LogP contribution in [0.25, 0.3) is 11.6 Å². The number of rotatable bonds is 3. The molecule has 0 bridgehead atoms. The summed E-state index contributed by atoms with van der Waals surface area (Å²) >= 11 is 0. The Morgan fingerprint density at radius 2 is 2.22 bits per heavy atom. The minimum atomic E-state index is -0.435. The molecule has 2 aromatic heterocycles. The van der Waals surface area contributed by atoms with E-state index in [1.54, 1.807) is 4.79 Å². The first-order valence-electron chi connectivity index (χ1n) is 7.70. The van der Waals surface area contributed by atoms with Crippen LogP contribution >= 0.6 is 0 Å². The molecule has 1 aliphatic heterocycles. The van der Waals surface area contributed by atoms with E-state index >= 15 is 0 Å². The van der Waals surface area contributed by atoms with Crippen LogP contribution in [0.3, 0.4) is 0 Å². The van der Waals surface area contributed by atoms with Crippen LogP contribution in [-0.4, -0.2) is 59.1 Å². The van der Waals surface area contributed by atoms with Crippen molar-refractivity contribution < 1.29 is 0 Å². The summed E-state index contributed by atoms with van der Waals surface area (Å²) in [6.07, 6.45) is 12.2. The molecule has 0 radical (unpaired) electrons. The molecule has 0 amide bonds. The molecule has 3 heterocycles. The van der Waals surface area contributed by atoms with Crippen LogP contribution in [0.1, 0.15) is 25.7 Å². The summed E-state index contributed by atoms with van der Waals surface area (Å²) in [5.74, 6) is 0.828. The fraction of sp³-hybridized carbons (Fsp3) is 0.538. The summed E-state index contributed by atoms with van der Waals surface area (Å²) in [5, 5.41) is 28.0. The SMILES string of the molecule is NC1(C2CCCCN2n2nnnc2-c2nn[nH]n2)C=CC=CC1. The molecule has 2 aliphatic rings. The molecule has 10 nitrogen and oxygen atoms in total. The van der Waals surface area contributed by atoms with Crippen LogP contribution in [0.2, 0.25) is 0 Å². The average Bonchev–Trinajstić information content (AvgIpc) is 3.26. The summed E-state index contributed by atoms with van der Waals surface area (Å²) in [6.45, 7) is 0.830. The number of nitrogens with one attached hydrogen (secondary N) is 1. The minimum absolute atomic E-state index is 0.103. The number of aromatic nitrogens is 8. The number of nitrogens with zero attached hydrogens (tertiary/aromatic N) is 8. The van der Waals surface area contributed by atoms with Crippen LogP contribution in [0, 0.1) is 0 Å². The van der Waals surface area contributed by atoms with Crippen LogP contribution in [0.15, 0.2) is 24.3 Å². The van der Waals surface area contributed by atoms with Crippen molar-refractivity contribution in [2.24, 2.45) is 5.73 Å². The molecule has 0 aromatic carbocycles. The van der Waals surface area contributed by atoms with Gasteiger partial charge in [0.15, 0.2) is 0 Å². The predicted octanol–water partition coefficient (Wildman–Crippen LogP) is -0.443. The van der Waals surface area contributed by atoms with Gasteiger partial charge < -0.3 is 5.73 Å². The monoisotopic (exact) mass is 314 g/mol. The largest absolute Gasteiger partial charge is 0.320 e. The zero-order valence-electron chi connectivity index (χ0n) is 12.6. The standard InChI is InChI=1S/C13H18N10/c14-13(7-3-1-4-8-13)10-6-2-5-9-22(10)23-12(17-20-21-23)11-15-18-19-16-11/h1,3-4,7,10H,2,5-6,8-9,14H2,(H,15,16,18,19). The average molecular weight is 314 g/mol. The van der Waals surface area contributed by atoms with E-state index in [2.05, 4.69) is 53.3 Å². The van der Waals surface area contributed by atoms with Crippen molar-refractivity contribution in [3.05, 3.63) is 24.3 Å². The Hall–Kier alpha value is -2.62. The van der Waals surface area contributed by atoms with E-state index in [0.717, 1.165) is 32.2 Å². The number of hydrogen-bond donors (Lipinski definition) is 2. The quantitative estimate of drug-likeness (QED) is 0.780. The van der Waals surface area contributed by atoms with Crippen molar-refractivity contribution in [3.8, 4) is 11.6 Å². The second kappa shape index (κ2) is 5.54. The molecule has 2 atom stereocenters. The Morgan fingerprint density at radius 3 is 3.00 bits per heavy atom. The van der Waals surface area contributed by atoms with Crippen molar-refractivity contribution in [2.75, 3.05) is 11.6 Å². The fourth-order valence-corrected chi connectivity index (χ4v) is 3.34. The van der Waals surface area contributed by atoms with Crippen molar-refractivity contribution in [2.45, 2.75) is 37.3 Å². The fourth-order valence-electron chi connectivity index (χ4n) is 3.34. The van der Waals surface area contributed by atoms with E-state index < -0.39 is 5.54 Å². The molecule has 0 saturated carbocycles. The minimum Gasteiger partial charge on any atom is -0.320 e. The first-order valence-corrected chi connectivity index (χ1v) is 7.70. The number of piperidine rings is 1. The van der Waals surface area contributed by atoms with Gasteiger partial charge >= 0.3 is 0 Å². The number of tetrazole rings is 2. The predicted molar refractivity (Wildman–Crippen MR) is 81.5 cm³/mol. The third-order valence-corrected chi connectivity index (χ3v) is 4.46. The normalized spacial score (nSPS) is 27.5. The molecular weight excluding hydrogens is 296 g/mol. The van der Waals surface area contributed by atoms with Gasteiger partial charge in [-0.05, 0) is 41.3 Å². The Balaban J connectivity index is 1.71. The van der Waals surface area contributed by atoms with Crippen molar-refractivity contribution in [3.63, 3.8) is 0 Å². The van der Waals surface area contributed by atoms with Gasteiger partial charge in [0, 0.05) is 6.54 Å². The summed E-state index contributed by atoms with van der Waals surface area (Å²) < 4.78 is 0. The Kier molecular flexibility index (Phi) is 3.37. The van der Waals surface area contributed by atoms with E-state index in [0.29, 0.717) is 11.6 Å². The lowest BCUT2D eigenvalue weighted by atomic mass is 9.80. The molecular formula is C13H18N10. The number of H-pyrrole nitrogens is 1. The lowest BCUT2D eigenvalue weighted by Gasteiger charge is -2.45. The highest BCUT2D eigenvalue weighted by Crippen LogP contribution is 2.30. The smallest absolute Gasteiger partial charge is 0.245 e. The highest BCUT2D eigenvalue weighted by Gasteiger charge is 2.40. The van der Waals surface area contributed by atoms with E-state index in [-0.39, 0.29) is 6.04 Å². The van der Waals surface area contributed by atoms with Gasteiger partial charge in [0.25, 0.3) is 0 Å². The molecule has 1 fully saturated rings. The maximum absolute atomic E-state index is 6.69. The number of hydrogen-bond acceptors (Lipinski definition) is 8. The van der Waals surface area contributed by atoms with Crippen LogP contribution < -0.4 is 10.7 Å². The highest BCUT2D eigenvalue weighted by molar-refractivity contribution is 5.41. The van der Waals surface area contributed by atoms with Crippen molar-refractivity contribution in [1.82, 2.24) is 40.9 Å². The van der Waals surface area contributed by atoms with Gasteiger partial charge in [0.1, 0.15) is 0 Å².